The molecule has 25 heavy (non-hydrogen) atoms. The molecule has 6 nitrogen and oxygen atoms in total. The summed E-state index contributed by atoms with van der Waals surface area (Å²) in [6.07, 6.45) is 1.39. The maximum atomic E-state index is 13.0. The number of benzene rings is 2. The number of carbonyl (C=O) groups is 1. The largest absolute Gasteiger partial charge is 0.468 e. The van der Waals surface area contributed by atoms with E-state index in [1.54, 1.807) is 48.5 Å². The molecular formula is C18H18N2O4S. The van der Waals surface area contributed by atoms with Crippen LogP contribution in [-0.2, 0) is 19.6 Å². The van der Waals surface area contributed by atoms with E-state index < -0.39 is 22.0 Å². The predicted octanol–water partition coefficient (Wildman–Crippen LogP) is 2.36. The number of nitrogens with two attached hydrogens (primary N) is 1. The zero-order valence-corrected chi connectivity index (χ0v) is 14.7. The molecule has 1 atom stereocenters. The first-order valence-corrected chi connectivity index (χ1v) is 9.06. The second-order valence-electron chi connectivity index (χ2n) is 5.72. The Bertz CT molecular complexity index is 1040. The van der Waals surface area contributed by atoms with Gasteiger partial charge in [-0.1, -0.05) is 35.9 Å². The van der Waals surface area contributed by atoms with E-state index in [1.165, 1.54) is 13.3 Å². The molecule has 3 rings (SSSR count). The summed E-state index contributed by atoms with van der Waals surface area (Å²) in [5.41, 5.74) is 7.77. The van der Waals surface area contributed by atoms with Crippen LogP contribution >= 0.6 is 0 Å². The number of aromatic nitrogens is 1. The highest BCUT2D eigenvalue weighted by atomic mass is 32.2. The average Bonchev–Trinajstić information content (AvgIpc) is 3.01. The molecule has 0 aliphatic rings. The Kier molecular flexibility index (Phi) is 4.36. The van der Waals surface area contributed by atoms with Gasteiger partial charge in [0.15, 0.2) is 0 Å². The Labute approximate surface area is 145 Å². The summed E-state index contributed by atoms with van der Waals surface area (Å²) in [5, 5.41) is 0.594. The molecule has 1 unspecified atom stereocenters. The highest BCUT2D eigenvalue weighted by Gasteiger charge is 2.26. The second kappa shape index (κ2) is 6.34. The van der Waals surface area contributed by atoms with Gasteiger partial charge in [0.1, 0.15) is 6.04 Å². The lowest BCUT2D eigenvalue weighted by Crippen LogP contribution is -2.22. The number of hydrogen-bond acceptors (Lipinski definition) is 5. The number of fused-ring (bicyclic) bond motifs is 1. The number of rotatable bonds is 4. The van der Waals surface area contributed by atoms with Gasteiger partial charge >= 0.3 is 5.97 Å². The molecular weight excluding hydrogens is 340 g/mol. The van der Waals surface area contributed by atoms with Crippen molar-refractivity contribution in [2.45, 2.75) is 17.9 Å². The summed E-state index contributed by atoms with van der Waals surface area (Å²) in [7, 11) is -2.58. The maximum absolute atomic E-state index is 13.0. The van der Waals surface area contributed by atoms with Gasteiger partial charge in [0.05, 0.1) is 17.5 Å². The Morgan fingerprint density at radius 1 is 1.12 bits per heavy atom. The summed E-state index contributed by atoms with van der Waals surface area (Å²) >= 11 is 0. The number of para-hydroxylation sites is 1. The number of aryl methyl sites for hydroxylation is 1. The van der Waals surface area contributed by atoms with E-state index in [2.05, 4.69) is 4.74 Å². The van der Waals surface area contributed by atoms with Gasteiger partial charge in [-0.2, -0.15) is 0 Å². The fourth-order valence-electron chi connectivity index (χ4n) is 2.70. The lowest BCUT2D eigenvalue weighted by Gasteiger charge is -2.08. The average molecular weight is 358 g/mol. The van der Waals surface area contributed by atoms with Crippen molar-refractivity contribution in [3.05, 3.63) is 65.9 Å². The Hall–Kier alpha value is -2.64. The van der Waals surface area contributed by atoms with Crippen LogP contribution in [0.25, 0.3) is 10.9 Å². The standard InChI is InChI=1S/C18H18N2O4S/c1-12-7-9-13(10-8-12)25(22,23)20-11-15(17(19)18(21)24-2)14-5-3-4-6-16(14)20/h3-11,17H,19H2,1-2H3. The smallest absolute Gasteiger partial charge is 0.327 e. The van der Waals surface area contributed by atoms with Crippen molar-refractivity contribution in [1.29, 1.82) is 0 Å². The third kappa shape index (κ3) is 2.92. The van der Waals surface area contributed by atoms with Crippen LogP contribution in [0.3, 0.4) is 0 Å². The number of methoxy groups -OCH3 is 1. The zero-order valence-electron chi connectivity index (χ0n) is 13.8. The summed E-state index contributed by atoms with van der Waals surface area (Å²) in [4.78, 5) is 12.0. The van der Waals surface area contributed by atoms with Crippen LogP contribution in [0.15, 0.2) is 59.6 Å². The van der Waals surface area contributed by atoms with Crippen molar-refractivity contribution in [2.24, 2.45) is 5.73 Å². The number of hydrogen-bond donors (Lipinski definition) is 1. The fraction of sp³-hybridized carbons (Fsp3) is 0.167. The van der Waals surface area contributed by atoms with Gasteiger partial charge in [-0.05, 0) is 25.1 Å². The van der Waals surface area contributed by atoms with E-state index in [-0.39, 0.29) is 4.90 Å². The minimum atomic E-state index is -3.82. The number of ether oxygens (including phenoxy) is 1. The van der Waals surface area contributed by atoms with Gasteiger partial charge in [-0.3, -0.25) is 4.79 Å². The zero-order chi connectivity index (χ0) is 18.2. The first-order chi connectivity index (χ1) is 11.9. The third-order valence-corrected chi connectivity index (χ3v) is 5.76. The first kappa shape index (κ1) is 17.2. The van der Waals surface area contributed by atoms with E-state index in [0.717, 1.165) is 9.54 Å². The van der Waals surface area contributed by atoms with Gasteiger partial charge in [-0.15, -0.1) is 0 Å². The highest BCUT2D eigenvalue weighted by molar-refractivity contribution is 7.90. The molecule has 7 heteroatoms. The van der Waals surface area contributed by atoms with E-state index in [1.807, 2.05) is 6.92 Å². The summed E-state index contributed by atoms with van der Waals surface area (Å²) in [5.74, 6) is -0.629. The van der Waals surface area contributed by atoms with Crippen molar-refractivity contribution < 1.29 is 17.9 Å². The van der Waals surface area contributed by atoms with E-state index in [9.17, 15) is 13.2 Å². The molecule has 1 aromatic heterocycles. The number of nitrogens with zero attached hydrogens (tertiary/aromatic N) is 1. The third-order valence-electron chi connectivity index (χ3n) is 4.08. The Morgan fingerprint density at radius 3 is 2.40 bits per heavy atom. The monoisotopic (exact) mass is 358 g/mol. The maximum Gasteiger partial charge on any atom is 0.327 e. The van der Waals surface area contributed by atoms with E-state index in [4.69, 9.17) is 5.73 Å². The second-order valence-corrected chi connectivity index (χ2v) is 7.53. The predicted molar refractivity (Wildman–Crippen MR) is 94.6 cm³/mol. The lowest BCUT2D eigenvalue weighted by atomic mass is 10.1. The topological polar surface area (TPSA) is 91.4 Å². The molecule has 0 saturated carbocycles. The van der Waals surface area contributed by atoms with E-state index >= 15 is 0 Å². The van der Waals surface area contributed by atoms with Crippen molar-refractivity contribution in [1.82, 2.24) is 3.97 Å². The molecule has 0 aliphatic carbocycles. The van der Waals surface area contributed by atoms with Crippen LogP contribution in [0.4, 0.5) is 0 Å². The van der Waals surface area contributed by atoms with Gasteiger partial charge in [0.2, 0.25) is 0 Å². The van der Waals surface area contributed by atoms with E-state index in [0.29, 0.717) is 16.5 Å². The van der Waals surface area contributed by atoms with Crippen LogP contribution < -0.4 is 5.73 Å². The van der Waals surface area contributed by atoms with Gasteiger partial charge < -0.3 is 10.5 Å². The minimum absolute atomic E-state index is 0.164. The summed E-state index contributed by atoms with van der Waals surface area (Å²) in [6.45, 7) is 1.88. The van der Waals surface area contributed by atoms with Crippen molar-refractivity contribution in [3.8, 4) is 0 Å². The van der Waals surface area contributed by atoms with Crippen molar-refractivity contribution >= 4 is 26.9 Å². The quantitative estimate of drug-likeness (QED) is 0.723. The van der Waals surface area contributed by atoms with Crippen LogP contribution in [-0.4, -0.2) is 25.5 Å². The van der Waals surface area contributed by atoms with Crippen LogP contribution in [0.2, 0.25) is 0 Å². The molecule has 3 aromatic rings. The summed E-state index contributed by atoms with van der Waals surface area (Å²) in [6, 6.07) is 12.4. The van der Waals surface area contributed by atoms with Gasteiger partial charge in [0, 0.05) is 17.1 Å². The van der Waals surface area contributed by atoms with Crippen LogP contribution in [0, 0.1) is 6.92 Å². The Morgan fingerprint density at radius 2 is 1.76 bits per heavy atom. The first-order valence-electron chi connectivity index (χ1n) is 7.62. The van der Waals surface area contributed by atoms with Crippen LogP contribution in [0.1, 0.15) is 17.2 Å². The fourth-order valence-corrected chi connectivity index (χ4v) is 4.08. The molecule has 0 bridgehead atoms. The highest BCUT2D eigenvalue weighted by Crippen LogP contribution is 2.29. The molecule has 0 amide bonds. The minimum Gasteiger partial charge on any atom is -0.468 e. The molecule has 0 spiro atoms. The van der Waals surface area contributed by atoms with Gasteiger partial charge in [-0.25, -0.2) is 12.4 Å². The molecule has 2 N–H and O–H groups in total. The molecule has 0 aliphatic heterocycles. The number of esters is 1. The Balaban J connectivity index is 2.23. The normalized spacial score (nSPS) is 12.9. The summed E-state index contributed by atoms with van der Waals surface area (Å²) < 4.78 is 31.9. The van der Waals surface area contributed by atoms with Crippen LogP contribution in [0.5, 0.6) is 0 Å². The molecule has 0 radical (unpaired) electrons. The molecule has 130 valence electrons. The van der Waals surface area contributed by atoms with Gasteiger partial charge in [0.25, 0.3) is 10.0 Å². The molecule has 1 heterocycles. The SMILES string of the molecule is COC(=O)C(N)c1cn(S(=O)(=O)c2ccc(C)cc2)c2ccccc12. The lowest BCUT2D eigenvalue weighted by molar-refractivity contribution is -0.142. The molecule has 0 saturated heterocycles. The van der Waals surface area contributed by atoms with Crippen molar-refractivity contribution in [3.63, 3.8) is 0 Å². The number of carbonyl (C=O) groups excluding carboxylic acids is 1. The van der Waals surface area contributed by atoms with Crippen molar-refractivity contribution in [2.75, 3.05) is 7.11 Å². The molecule has 0 fully saturated rings. The molecule has 2 aromatic carbocycles.